The summed E-state index contributed by atoms with van der Waals surface area (Å²) in [5.74, 6) is -0.609. The molecule has 0 aromatic heterocycles. The summed E-state index contributed by atoms with van der Waals surface area (Å²) in [5.41, 5.74) is 6.16. The number of amides is 2. The van der Waals surface area contributed by atoms with Crippen LogP contribution in [0, 0.1) is 0 Å². The predicted octanol–water partition coefficient (Wildman–Crippen LogP) is 1.80. The Balaban J connectivity index is 1.96. The van der Waals surface area contributed by atoms with E-state index < -0.39 is 5.91 Å². The van der Waals surface area contributed by atoms with Gasteiger partial charge in [-0.3, -0.25) is 9.59 Å². The van der Waals surface area contributed by atoms with Crippen molar-refractivity contribution in [3.05, 3.63) is 60.2 Å². The predicted molar refractivity (Wildman–Crippen MR) is 75.5 cm³/mol. The zero-order chi connectivity index (χ0) is 14.4. The summed E-state index contributed by atoms with van der Waals surface area (Å²) in [6, 6.07) is 15.6. The maximum Gasteiger partial charge on any atom is 0.262 e. The second-order valence-electron chi connectivity index (χ2n) is 4.06. The van der Waals surface area contributed by atoms with Gasteiger partial charge in [0.05, 0.1) is 5.56 Å². The fraction of sp³-hybridized carbons (Fsp3) is 0.0667. The molecule has 2 aromatic rings. The molecule has 20 heavy (non-hydrogen) atoms. The largest absolute Gasteiger partial charge is 0.483 e. The van der Waals surface area contributed by atoms with E-state index in [1.54, 1.807) is 36.4 Å². The third kappa shape index (κ3) is 3.58. The maximum atomic E-state index is 11.7. The standard InChI is InChI=1S/C15H14N2O3/c16-15(19)12-8-4-5-9-13(12)20-10-14(18)17-11-6-2-1-3-7-11/h1-9H,10H2,(H2,16,19)(H,17,18). The van der Waals surface area contributed by atoms with Crippen molar-refractivity contribution in [1.82, 2.24) is 0 Å². The van der Waals surface area contributed by atoms with Gasteiger partial charge in [-0.1, -0.05) is 30.3 Å². The van der Waals surface area contributed by atoms with Crippen molar-refractivity contribution in [2.75, 3.05) is 11.9 Å². The quantitative estimate of drug-likeness (QED) is 0.869. The molecule has 0 radical (unpaired) electrons. The van der Waals surface area contributed by atoms with Crippen LogP contribution in [0.2, 0.25) is 0 Å². The van der Waals surface area contributed by atoms with E-state index >= 15 is 0 Å². The van der Waals surface area contributed by atoms with E-state index in [0.29, 0.717) is 11.4 Å². The molecule has 3 N–H and O–H groups in total. The first-order chi connectivity index (χ1) is 9.66. The summed E-state index contributed by atoms with van der Waals surface area (Å²) in [6.07, 6.45) is 0. The first-order valence-electron chi connectivity index (χ1n) is 6.03. The molecule has 0 saturated carbocycles. The number of hydrogen-bond donors (Lipinski definition) is 2. The Labute approximate surface area is 116 Å². The summed E-state index contributed by atoms with van der Waals surface area (Å²) in [4.78, 5) is 22.9. The molecule has 2 rings (SSSR count). The van der Waals surface area contributed by atoms with Gasteiger partial charge in [0.15, 0.2) is 6.61 Å². The lowest BCUT2D eigenvalue weighted by Gasteiger charge is -2.09. The number of hydrogen-bond acceptors (Lipinski definition) is 3. The van der Waals surface area contributed by atoms with Crippen molar-refractivity contribution in [3.8, 4) is 5.75 Å². The molecular formula is C15H14N2O3. The van der Waals surface area contributed by atoms with Crippen LogP contribution in [0.3, 0.4) is 0 Å². The molecule has 0 atom stereocenters. The number of rotatable bonds is 5. The van der Waals surface area contributed by atoms with Gasteiger partial charge in [0, 0.05) is 5.69 Å². The van der Waals surface area contributed by atoms with Crippen LogP contribution in [0.25, 0.3) is 0 Å². The van der Waals surface area contributed by atoms with Gasteiger partial charge in [-0.25, -0.2) is 0 Å². The lowest BCUT2D eigenvalue weighted by Crippen LogP contribution is -2.21. The summed E-state index contributed by atoms with van der Waals surface area (Å²) >= 11 is 0. The molecule has 2 amide bonds. The Morgan fingerprint density at radius 2 is 1.65 bits per heavy atom. The highest BCUT2D eigenvalue weighted by Crippen LogP contribution is 2.17. The topological polar surface area (TPSA) is 81.4 Å². The first kappa shape index (κ1) is 13.6. The van der Waals surface area contributed by atoms with Gasteiger partial charge in [0.1, 0.15) is 5.75 Å². The van der Waals surface area contributed by atoms with Crippen molar-refractivity contribution < 1.29 is 14.3 Å². The number of carbonyl (C=O) groups is 2. The first-order valence-corrected chi connectivity index (χ1v) is 6.03. The third-order valence-corrected chi connectivity index (χ3v) is 2.57. The molecule has 2 aromatic carbocycles. The third-order valence-electron chi connectivity index (χ3n) is 2.57. The minimum Gasteiger partial charge on any atom is -0.483 e. The van der Waals surface area contributed by atoms with Gasteiger partial charge in [-0.05, 0) is 24.3 Å². The smallest absolute Gasteiger partial charge is 0.262 e. The van der Waals surface area contributed by atoms with E-state index in [-0.39, 0.29) is 18.1 Å². The normalized spacial score (nSPS) is 9.80. The van der Waals surface area contributed by atoms with Crippen LogP contribution in [0.1, 0.15) is 10.4 Å². The zero-order valence-corrected chi connectivity index (χ0v) is 10.7. The number of para-hydroxylation sites is 2. The highest BCUT2D eigenvalue weighted by molar-refractivity contribution is 5.96. The molecule has 0 fully saturated rings. The highest BCUT2D eigenvalue weighted by Gasteiger charge is 2.10. The molecule has 0 saturated heterocycles. The molecule has 102 valence electrons. The molecule has 0 aliphatic rings. The van der Waals surface area contributed by atoms with Crippen molar-refractivity contribution in [2.45, 2.75) is 0 Å². The molecule has 0 aliphatic heterocycles. The summed E-state index contributed by atoms with van der Waals surface area (Å²) in [6.45, 7) is -0.195. The van der Waals surface area contributed by atoms with Gasteiger partial charge in [-0.15, -0.1) is 0 Å². The number of ether oxygens (including phenoxy) is 1. The van der Waals surface area contributed by atoms with E-state index in [1.807, 2.05) is 18.2 Å². The Morgan fingerprint density at radius 1 is 1.00 bits per heavy atom. The molecule has 5 heteroatoms. The monoisotopic (exact) mass is 270 g/mol. The van der Waals surface area contributed by atoms with Crippen LogP contribution in [0.15, 0.2) is 54.6 Å². The molecule has 0 spiro atoms. The van der Waals surface area contributed by atoms with Crippen LogP contribution in [-0.2, 0) is 4.79 Å². The van der Waals surface area contributed by atoms with Gasteiger partial charge in [0.2, 0.25) is 0 Å². The second-order valence-corrected chi connectivity index (χ2v) is 4.06. The van der Waals surface area contributed by atoms with E-state index in [1.165, 1.54) is 0 Å². The van der Waals surface area contributed by atoms with Crippen molar-refractivity contribution in [1.29, 1.82) is 0 Å². The van der Waals surface area contributed by atoms with E-state index in [9.17, 15) is 9.59 Å². The Hall–Kier alpha value is -2.82. The molecular weight excluding hydrogens is 256 g/mol. The van der Waals surface area contributed by atoms with Crippen LogP contribution >= 0.6 is 0 Å². The van der Waals surface area contributed by atoms with Crippen molar-refractivity contribution >= 4 is 17.5 Å². The van der Waals surface area contributed by atoms with Crippen LogP contribution < -0.4 is 15.8 Å². The minimum absolute atomic E-state index is 0.195. The van der Waals surface area contributed by atoms with Crippen LogP contribution in [0.4, 0.5) is 5.69 Å². The molecule has 0 heterocycles. The maximum absolute atomic E-state index is 11.7. The van der Waals surface area contributed by atoms with Gasteiger partial charge < -0.3 is 15.8 Å². The lowest BCUT2D eigenvalue weighted by atomic mass is 10.2. The van der Waals surface area contributed by atoms with E-state index in [0.717, 1.165) is 0 Å². The second kappa shape index (κ2) is 6.38. The Kier molecular flexibility index (Phi) is 4.34. The number of carbonyl (C=O) groups excluding carboxylic acids is 2. The average Bonchev–Trinajstić information content (AvgIpc) is 2.46. The van der Waals surface area contributed by atoms with Crippen LogP contribution in [-0.4, -0.2) is 18.4 Å². The fourth-order valence-corrected chi connectivity index (χ4v) is 1.66. The number of benzene rings is 2. The number of primary amides is 1. The van der Waals surface area contributed by atoms with E-state index in [4.69, 9.17) is 10.5 Å². The fourth-order valence-electron chi connectivity index (χ4n) is 1.66. The molecule has 0 bridgehead atoms. The number of anilines is 1. The Morgan fingerprint density at radius 3 is 2.35 bits per heavy atom. The zero-order valence-electron chi connectivity index (χ0n) is 10.7. The summed E-state index contributed by atoms with van der Waals surface area (Å²) in [7, 11) is 0. The Bertz CT molecular complexity index is 612. The minimum atomic E-state index is -0.593. The lowest BCUT2D eigenvalue weighted by molar-refractivity contribution is -0.118. The van der Waals surface area contributed by atoms with Crippen LogP contribution in [0.5, 0.6) is 5.75 Å². The molecule has 0 aliphatic carbocycles. The average molecular weight is 270 g/mol. The number of nitrogens with two attached hydrogens (primary N) is 1. The van der Waals surface area contributed by atoms with Crippen molar-refractivity contribution in [3.63, 3.8) is 0 Å². The number of nitrogens with one attached hydrogen (secondary N) is 1. The highest BCUT2D eigenvalue weighted by atomic mass is 16.5. The van der Waals surface area contributed by atoms with Gasteiger partial charge in [0.25, 0.3) is 11.8 Å². The van der Waals surface area contributed by atoms with E-state index in [2.05, 4.69) is 5.32 Å². The summed E-state index contributed by atoms with van der Waals surface area (Å²) in [5, 5.41) is 2.68. The van der Waals surface area contributed by atoms with Gasteiger partial charge in [-0.2, -0.15) is 0 Å². The molecule has 0 unspecified atom stereocenters. The summed E-state index contributed by atoms with van der Waals surface area (Å²) < 4.78 is 5.32. The SMILES string of the molecule is NC(=O)c1ccccc1OCC(=O)Nc1ccccc1. The van der Waals surface area contributed by atoms with Crippen molar-refractivity contribution in [2.24, 2.45) is 5.73 Å². The van der Waals surface area contributed by atoms with Gasteiger partial charge >= 0.3 is 0 Å². The molecule has 5 nitrogen and oxygen atoms in total.